The van der Waals surface area contributed by atoms with Crippen LogP contribution in [0.3, 0.4) is 0 Å². The van der Waals surface area contributed by atoms with Gasteiger partial charge in [0.05, 0.1) is 5.25 Å². The summed E-state index contributed by atoms with van der Waals surface area (Å²) >= 11 is 0. The van der Waals surface area contributed by atoms with Gasteiger partial charge in [0, 0.05) is 37.9 Å². The molecule has 2 aromatic rings. The summed E-state index contributed by atoms with van der Waals surface area (Å²) in [4.78, 5) is 0. The van der Waals surface area contributed by atoms with E-state index in [1.165, 1.54) is 12.8 Å². The maximum Gasteiger partial charge on any atom is 0.217 e. The number of nitrogens with zero attached hydrogens (tertiary/aromatic N) is 4. The molecule has 0 amide bonds. The number of hydrogen-bond donors (Lipinski definition) is 0. The average Bonchev–Trinajstić information content (AvgIpc) is 3.42. The van der Waals surface area contributed by atoms with Crippen molar-refractivity contribution in [1.82, 2.24) is 19.1 Å². The molecular formula is C20H26N4O2S. The fraction of sp³-hybridized carbons (Fsp3) is 0.600. The van der Waals surface area contributed by atoms with Crippen molar-refractivity contribution in [2.45, 2.75) is 62.2 Å². The Morgan fingerprint density at radius 3 is 2.52 bits per heavy atom. The van der Waals surface area contributed by atoms with Gasteiger partial charge in [-0.05, 0) is 37.7 Å². The van der Waals surface area contributed by atoms with Crippen LogP contribution in [0.1, 0.15) is 61.2 Å². The van der Waals surface area contributed by atoms with Crippen molar-refractivity contribution in [3.63, 3.8) is 0 Å². The minimum atomic E-state index is -3.21. The number of fused-ring (bicyclic) bond motifs is 1. The second-order valence-electron chi connectivity index (χ2n) is 8.09. The fourth-order valence-corrected chi connectivity index (χ4v) is 6.87. The second-order valence-corrected chi connectivity index (χ2v) is 10.2. The van der Waals surface area contributed by atoms with Gasteiger partial charge in [-0.2, -0.15) is 0 Å². The Balaban J connectivity index is 1.25. The molecule has 7 heteroatoms. The highest BCUT2D eigenvalue weighted by atomic mass is 32.2. The van der Waals surface area contributed by atoms with Crippen molar-refractivity contribution in [2.24, 2.45) is 0 Å². The molecule has 0 bridgehead atoms. The smallest absolute Gasteiger partial charge is 0.217 e. The minimum Gasteiger partial charge on any atom is -0.315 e. The number of aryl methyl sites for hydroxylation is 1. The van der Waals surface area contributed by atoms with Gasteiger partial charge < -0.3 is 4.57 Å². The van der Waals surface area contributed by atoms with Gasteiger partial charge in [0.15, 0.2) is 0 Å². The fourth-order valence-electron chi connectivity index (χ4n) is 4.74. The zero-order chi connectivity index (χ0) is 18.4. The van der Waals surface area contributed by atoms with Crippen LogP contribution in [0.5, 0.6) is 0 Å². The van der Waals surface area contributed by atoms with Crippen molar-refractivity contribution in [2.75, 3.05) is 13.1 Å². The predicted octanol–water partition coefficient (Wildman–Crippen LogP) is 2.68. The molecule has 1 saturated carbocycles. The lowest BCUT2D eigenvalue weighted by atomic mass is 9.97. The van der Waals surface area contributed by atoms with Crippen LogP contribution in [-0.4, -0.2) is 45.8 Å². The number of aromatic nitrogens is 3. The van der Waals surface area contributed by atoms with Crippen LogP contribution in [-0.2, 0) is 23.0 Å². The van der Waals surface area contributed by atoms with Gasteiger partial charge in [-0.3, -0.25) is 0 Å². The first-order valence-corrected chi connectivity index (χ1v) is 11.6. The van der Waals surface area contributed by atoms with E-state index in [0.29, 0.717) is 19.0 Å². The summed E-state index contributed by atoms with van der Waals surface area (Å²) in [5.41, 5.74) is 1.15. The summed E-state index contributed by atoms with van der Waals surface area (Å²) in [5.74, 6) is 2.68. The van der Waals surface area contributed by atoms with Crippen LogP contribution in [0.25, 0.3) is 0 Å². The Kier molecular flexibility index (Phi) is 4.31. The SMILES string of the molecule is O=S(=O)(C1CC1c1ccccc1)N1CCC(c2nnc3n2CCCC3)CC1. The Morgan fingerprint density at radius 1 is 0.963 bits per heavy atom. The molecule has 1 aliphatic carbocycles. The van der Waals surface area contributed by atoms with Crippen LogP contribution in [0, 0.1) is 0 Å². The van der Waals surface area contributed by atoms with Gasteiger partial charge in [0.1, 0.15) is 11.6 Å². The highest BCUT2D eigenvalue weighted by molar-refractivity contribution is 7.90. The first kappa shape index (κ1) is 17.4. The highest BCUT2D eigenvalue weighted by Crippen LogP contribution is 2.47. The molecule has 3 aliphatic rings. The van der Waals surface area contributed by atoms with Crippen molar-refractivity contribution < 1.29 is 8.42 Å². The van der Waals surface area contributed by atoms with Gasteiger partial charge in [-0.15, -0.1) is 10.2 Å². The summed E-state index contributed by atoms with van der Waals surface area (Å²) < 4.78 is 30.1. The van der Waals surface area contributed by atoms with Gasteiger partial charge in [0.25, 0.3) is 0 Å². The number of sulfonamides is 1. The Labute approximate surface area is 160 Å². The van der Waals surface area contributed by atoms with Crippen LogP contribution in [0.15, 0.2) is 30.3 Å². The van der Waals surface area contributed by atoms with E-state index in [1.807, 2.05) is 30.3 Å². The molecule has 0 N–H and O–H groups in total. The summed E-state index contributed by atoms with van der Waals surface area (Å²) in [6.45, 7) is 2.22. The third kappa shape index (κ3) is 3.10. The van der Waals surface area contributed by atoms with E-state index < -0.39 is 10.0 Å². The lowest BCUT2D eigenvalue weighted by molar-refractivity contribution is 0.306. The first-order valence-electron chi connectivity index (χ1n) is 10.1. The maximum absolute atomic E-state index is 13.1. The molecule has 0 radical (unpaired) electrons. The number of piperidine rings is 1. The normalized spacial score (nSPS) is 26.7. The molecule has 5 rings (SSSR count). The van der Waals surface area contributed by atoms with Crippen molar-refractivity contribution in [3.05, 3.63) is 47.5 Å². The quantitative estimate of drug-likeness (QED) is 0.810. The van der Waals surface area contributed by atoms with Crippen LogP contribution in [0.2, 0.25) is 0 Å². The van der Waals surface area contributed by atoms with Gasteiger partial charge in [-0.25, -0.2) is 12.7 Å². The van der Waals surface area contributed by atoms with Crippen molar-refractivity contribution in [1.29, 1.82) is 0 Å². The zero-order valence-corrected chi connectivity index (χ0v) is 16.3. The first-order chi connectivity index (χ1) is 13.1. The largest absolute Gasteiger partial charge is 0.315 e. The van der Waals surface area contributed by atoms with Gasteiger partial charge >= 0.3 is 0 Å². The topological polar surface area (TPSA) is 68.1 Å². The van der Waals surface area contributed by atoms with Crippen molar-refractivity contribution in [3.8, 4) is 0 Å². The summed E-state index contributed by atoms with van der Waals surface area (Å²) in [6.07, 6.45) is 5.85. The maximum atomic E-state index is 13.1. The van der Waals surface area contributed by atoms with Crippen molar-refractivity contribution >= 4 is 10.0 Å². The average molecular weight is 387 g/mol. The second kappa shape index (κ2) is 6.71. The van der Waals surface area contributed by atoms with Crippen LogP contribution < -0.4 is 0 Å². The molecule has 1 aromatic heterocycles. The predicted molar refractivity (Wildman–Crippen MR) is 103 cm³/mol. The third-order valence-corrected chi connectivity index (χ3v) is 8.78. The van der Waals surface area contributed by atoms with E-state index in [4.69, 9.17) is 0 Å². The van der Waals surface area contributed by atoms with E-state index >= 15 is 0 Å². The van der Waals surface area contributed by atoms with Gasteiger partial charge in [-0.1, -0.05) is 30.3 Å². The highest BCUT2D eigenvalue weighted by Gasteiger charge is 2.50. The lowest BCUT2D eigenvalue weighted by Gasteiger charge is -2.31. The monoisotopic (exact) mass is 386 g/mol. The Bertz CT molecular complexity index is 917. The van der Waals surface area contributed by atoms with E-state index in [-0.39, 0.29) is 11.2 Å². The van der Waals surface area contributed by atoms with Crippen LogP contribution >= 0.6 is 0 Å². The Hall–Kier alpha value is -1.73. The summed E-state index contributed by atoms with van der Waals surface area (Å²) in [6, 6.07) is 10.0. The summed E-state index contributed by atoms with van der Waals surface area (Å²) in [5, 5.41) is 8.58. The van der Waals surface area contributed by atoms with E-state index in [9.17, 15) is 8.42 Å². The minimum absolute atomic E-state index is 0.164. The van der Waals surface area contributed by atoms with E-state index in [1.54, 1.807) is 4.31 Å². The van der Waals surface area contributed by atoms with Gasteiger partial charge in [0.2, 0.25) is 10.0 Å². The lowest BCUT2D eigenvalue weighted by Crippen LogP contribution is -2.40. The molecule has 2 atom stereocenters. The van der Waals surface area contributed by atoms with E-state index in [0.717, 1.165) is 49.4 Å². The molecule has 2 fully saturated rings. The molecular weight excluding hydrogens is 360 g/mol. The molecule has 3 heterocycles. The molecule has 6 nitrogen and oxygen atoms in total. The molecule has 2 unspecified atom stereocenters. The number of rotatable bonds is 4. The molecule has 1 saturated heterocycles. The number of benzene rings is 1. The number of hydrogen-bond acceptors (Lipinski definition) is 4. The molecule has 1 aromatic carbocycles. The van der Waals surface area contributed by atoms with E-state index in [2.05, 4.69) is 14.8 Å². The standard InChI is InChI=1S/C20H26N4O2S/c25-27(26,18-14-17(18)15-6-2-1-3-7-15)23-12-9-16(10-13-23)20-22-21-19-8-4-5-11-24(19)20/h1-3,6-7,16-18H,4-5,8-14H2. The Morgan fingerprint density at radius 2 is 1.74 bits per heavy atom. The molecule has 144 valence electrons. The summed E-state index contributed by atoms with van der Waals surface area (Å²) in [7, 11) is -3.21. The van der Waals surface area contributed by atoms with Crippen LogP contribution in [0.4, 0.5) is 0 Å². The molecule has 0 spiro atoms. The molecule has 2 aliphatic heterocycles. The zero-order valence-electron chi connectivity index (χ0n) is 15.5. The third-order valence-electron chi connectivity index (χ3n) is 6.41. The molecule has 27 heavy (non-hydrogen) atoms.